The fraction of sp³-hybridized carbons (Fsp3) is 0.115. The highest BCUT2D eigenvalue weighted by atomic mass is 32.2. The lowest BCUT2D eigenvalue weighted by molar-refractivity contribution is -0.115. The van der Waals surface area contributed by atoms with Gasteiger partial charge in [-0.25, -0.2) is 8.42 Å². The molecule has 160 valence electrons. The van der Waals surface area contributed by atoms with Gasteiger partial charge < -0.3 is 5.32 Å². The first-order valence-corrected chi connectivity index (χ1v) is 11.9. The predicted octanol–water partition coefficient (Wildman–Crippen LogP) is 4.77. The Morgan fingerprint density at radius 3 is 2.41 bits per heavy atom. The molecular weight excluding hydrogens is 420 g/mol. The number of carbonyl (C=O) groups is 1. The van der Waals surface area contributed by atoms with E-state index in [1.807, 2.05) is 66.7 Å². The average Bonchev–Trinajstić information content (AvgIpc) is 3.25. The molecule has 32 heavy (non-hydrogen) atoms. The van der Waals surface area contributed by atoms with Crippen molar-refractivity contribution < 1.29 is 13.2 Å². The third-order valence-corrected chi connectivity index (χ3v) is 7.63. The molecule has 5 nitrogen and oxygen atoms in total. The number of nitrogens with zero attached hydrogens (tertiary/aromatic N) is 1. The minimum Gasteiger partial charge on any atom is -0.326 e. The Kier molecular flexibility index (Phi) is 5.15. The Morgan fingerprint density at radius 1 is 0.844 bits per heavy atom. The van der Waals surface area contributed by atoms with E-state index in [1.165, 1.54) is 4.31 Å². The average molecular weight is 443 g/mol. The van der Waals surface area contributed by atoms with Crippen molar-refractivity contribution in [3.8, 4) is 0 Å². The highest BCUT2D eigenvalue weighted by Crippen LogP contribution is 2.32. The van der Waals surface area contributed by atoms with Gasteiger partial charge in [-0.1, -0.05) is 60.7 Å². The van der Waals surface area contributed by atoms with Crippen LogP contribution in [0.15, 0.2) is 95.9 Å². The van der Waals surface area contributed by atoms with Crippen LogP contribution in [-0.2, 0) is 27.7 Å². The van der Waals surface area contributed by atoms with E-state index in [0.29, 0.717) is 18.7 Å². The van der Waals surface area contributed by atoms with Crippen LogP contribution in [0.3, 0.4) is 0 Å². The topological polar surface area (TPSA) is 66.5 Å². The number of rotatable bonds is 5. The Labute approximate surface area is 187 Å². The maximum absolute atomic E-state index is 13.1. The standard InChI is InChI=1S/C26H22N2O3S/c29-26(18-21-9-5-8-19-6-1-3-10-24(19)21)27-22-12-14-23(15-13-22)32(30,31)28-17-16-20-7-2-4-11-25(20)28/h1-15H,16-18H2,(H,27,29). The first-order valence-electron chi connectivity index (χ1n) is 10.5. The monoisotopic (exact) mass is 442 g/mol. The fourth-order valence-electron chi connectivity index (χ4n) is 4.22. The van der Waals surface area contributed by atoms with Crippen LogP contribution in [0, 0.1) is 0 Å². The second kappa shape index (κ2) is 8.13. The first-order chi connectivity index (χ1) is 15.5. The number of anilines is 2. The Morgan fingerprint density at radius 2 is 1.56 bits per heavy atom. The minimum absolute atomic E-state index is 0.148. The molecule has 6 heteroatoms. The molecule has 4 aromatic carbocycles. The van der Waals surface area contributed by atoms with Crippen molar-refractivity contribution in [3.05, 3.63) is 102 Å². The summed E-state index contributed by atoms with van der Waals surface area (Å²) < 4.78 is 27.7. The van der Waals surface area contributed by atoms with Crippen molar-refractivity contribution in [2.24, 2.45) is 0 Å². The molecule has 1 amide bonds. The fourth-order valence-corrected chi connectivity index (χ4v) is 5.72. The van der Waals surface area contributed by atoms with Crippen molar-refractivity contribution in [2.75, 3.05) is 16.2 Å². The summed E-state index contributed by atoms with van der Waals surface area (Å²) in [6, 6.07) is 27.8. The summed E-state index contributed by atoms with van der Waals surface area (Å²) in [5.41, 5.74) is 3.29. The first kappa shape index (κ1) is 20.3. The van der Waals surface area contributed by atoms with Gasteiger partial charge in [0.2, 0.25) is 5.91 Å². The number of fused-ring (bicyclic) bond motifs is 2. The molecule has 1 N–H and O–H groups in total. The largest absolute Gasteiger partial charge is 0.326 e. The highest BCUT2D eigenvalue weighted by Gasteiger charge is 2.30. The zero-order valence-electron chi connectivity index (χ0n) is 17.4. The number of benzene rings is 4. The molecule has 4 aromatic rings. The quantitative estimate of drug-likeness (QED) is 0.484. The summed E-state index contributed by atoms with van der Waals surface area (Å²) in [5, 5.41) is 5.02. The van der Waals surface area contributed by atoms with E-state index in [1.54, 1.807) is 24.3 Å². The van der Waals surface area contributed by atoms with Gasteiger partial charge in [-0.05, 0) is 58.7 Å². The number of amides is 1. The zero-order chi connectivity index (χ0) is 22.1. The van der Waals surface area contributed by atoms with E-state index in [2.05, 4.69) is 5.32 Å². The molecule has 5 rings (SSSR count). The highest BCUT2D eigenvalue weighted by molar-refractivity contribution is 7.92. The summed E-state index contributed by atoms with van der Waals surface area (Å²) in [6.45, 7) is 0.436. The van der Waals surface area contributed by atoms with Crippen LogP contribution >= 0.6 is 0 Å². The van der Waals surface area contributed by atoms with Gasteiger partial charge in [-0.15, -0.1) is 0 Å². The minimum atomic E-state index is -3.65. The van der Waals surface area contributed by atoms with Crippen molar-refractivity contribution in [3.63, 3.8) is 0 Å². The number of carbonyl (C=O) groups excluding carboxylic acids is 1. The molecule has 1 aliphatic heterocycles. The third-order valence-electron chi connectivity index (χ3n) is 5.80. The molecule has 0 saturated heterocycles. The van der Waals surface area contributed by atoms with E-state index in [9.17, 15) is 13.2 Å². The van der Waals surface area contributed by atoms with E-state index < -0.39 is 10.0 Å². The molecule has 0 aromatic heterocycles. The van der Waals surface area contributed by atoms with Crippen molar-refractivity contribution >= 4 is 38.1 Å². The zero-order valence-corrected chi connectivity index (χ0v) is 18.2. The van der Waals surface area contributed by atoms with Gasteiger partial charge in [0.05, 0.1) is 17.0 Å². The van der Waals surface area contributed by atoms with Crippen LogP contribution in [-0.4, -0.2) is 20.9 Å². The van der Waals surface area contributed by atoms with Crippen LogP contribution < -0.4 is 9.62 Å². The molecule has 0 saturated carbocycles. The van der Waals surface area contributed by atoms with Gasteiger partial charge in [0.1, 0.15) is 0 Å². The smallest absolute Gasteiger partial charge is 0.264 e. The molecular formula is C26H22N2O3S. The second-order valence-corrected chi connectivity index (χ2v) is 9.71. The number of nitrogens with one attached hydrogen (secondary N) is 1. The lowest BCUT2D eigenvalue weighted by Gasteiger charge is -2.19. The van der Waals surface area contributed by atoms with Crippen LogP contribution in [0.25, 0.3) is 10.8 Å². The van der Waals surface area contributed by atoms with E-state index in [-0.39, 0.29) is 17.2 Å². The van der Waals surface area contributed by atoms with Gasteiger partial charge in [0, 0.05) is 12.2 Å². The third kappa shape index (κ3) is 3.74. The normalized spacial score (nSPS) is 13.2. The van der Waals surface area contributed by atoms with Crippen LogP contribution in [0.5, 0.6) is 0 Å². The van der Waals surface area contributed by atoms with Crippen molar-refractivity contribution in [2.45, 2.75) is 17.7 Å². The SMILES string of the molecule is O=C(Cc1cccc2ccccc12)Nc1ccc(S(=O)(=O)N2CCc3ccccc32)cc1. The van der Waals surface area contributed by atoms with Gasteiger partial charge in [0.15, 0.2) is 0 Å². The number of hydrogen-bond donors (Lipinski definition) is 1. The second-order valence-electron chi connectivity index (χ2n) is 7.84. The summed E-state index contributed by atoms with van der Waals surface area (Å²) in [7, 11) is -3.65. The van der Waals surface area contributed by atoms with Crippen LogP contribution in [0.2, 0.25) is 0 Å². The Balaban J connectivity index is 1.31. The number of para-hydroxylation sites is 1. The maximum atomic E-state index is 13.1. The van der Waals surface area contributed by atoms with Gasteiger partial charge >= 0.3 is 0 Å². The van der Waals surface area contributed by atoms with Crippen molar-refractivity contribution in [1.29, 1.82) is 0 Å². The number of sulfonamides is 1. The molecule has 0 bridgehead atoms. The molecule has 1 aliphatic rings. The van der Waals surface area contributed by atoms with E-state index in [0.717, 1.165) is 27.6 Å². The van der Waals surface area contributed by atoms with Crippen LogP contribution in [0.1, 0.15) is 11.1 Å². The van der Waals surface area contributed by atoms with Gasteiger partial charge in [-0.3, -0.25) is 9.10 Å². The summed E-state index contributed by atoms with van der Waals surface area (Å²) >= 11 is 0. The lowest BCUT2D eigenvalue weighted by atomic mass is 10.0. The lowest BCUT2D eigenvalue weighted by Crippen LogP contribution is -2.29. The summed E-state index contributed by atoms with van der Waals surface area (Å²) in [4.78, 5) is 12.8. The molecule has 0 aliphatic carbocycles. The Hall–Kier alpha value is -3.64. The van der Waals surface area contributed by atoms with Gasteiger partial charge in [0.25, 0.3) is 10.0 Å². The summed E-state index contributed by atoms with van der Waals surface area (Å²) in [6.07, 6.45) is 0.948. The van der Waals surface area contributed by atoms with Gasteiger partial charge in [-0.2, -0.15) is 0 Å². The maximum Gasteiger partial charge on any atom is 0.264 e. The van der Waals surface area contributed by atoms with E-state index in [4.69, 9.17) is 0 Å². The molecule has 0 radical (unpaired) electrons. The number of hydrogen-bond acceptors (Lipinski definition) is 3. The molecule has 0 fully saturated rings. The molecule has 0 atom stereocenters. The van der Waals surface area contributed by atoms with Crippen LogP contribution in [0.4, 0.5) is 11.4 Å². The van der Waals surface area contributed by atoms with E-state index >= 15 is 0 Å². The molecule has 0 unspecified atom stereocenters. The van der Waals surface area contributed by atoms with Crippen molar-refractivity contribution in [1.82, 2.24) is 0 Å². The molecule has 1 heterocycles. The Bertz CT molecular complexity index is 1410. The molecule has 0 spiro atoms. The predicted molar refractivity (Wildman–Crippen MR) is 127 cm³/mol. The summed E-state index contributed by atoms with van der Waals surface area (Å²) in [5.74, 6) is -0.148.